The molecule has 3 nitrogen and oxygen atoms in total. The molecule has 21 heavy (non-hydrogen) atoms. The van der Waals surface area contributed by atoms with Gasteiger partial charge in [-0.15, -0.1) is 0 Å². The molecule has 2 atom stereocenters. The number of hydrogen-bond acceptors (Lipinski definition) is 2. The Balaban J connectivity index is 1.98. The van der Waals surface area contributed by atoms with Crippen molar-refractivity contribution in [1.29, 1.82) is 0 Å². The van der Waals surface area contributed by atoms with Gasteiger partial charge in [0.2, 0.25) is 5.91 Å². The van der Waals surface area contributed by atoms with Gasteiger partial charge >= 0.3 is 0 Å². The highest BCUT2D eigenvalue weighted by molar-refractivity contribution is 7.85. The molecular weight excluding hydrogens is 306 g/mol. The van der Waals surface area contributed by atoms with E-state index in [0.717, 1.165) is 5.69 Å². The van der Waals surface area contributed by atoms with Crippen molar-refractivity contribution in [2.45, 2.75) is 11.8 Å². The largest absolute Gasteiger partial charge is 0.326 e. The van der Waals surface area contributed by atoms with E-state index in [-0.39, 0.29) is 17.6 Å². The third kappa shape index (κ3) is 4.41. The van der Waals surface area contributed by atoms with Gasteiger partial charge in [-0.05, 0) is 24.3 Å². The SMILES string of the molecule is CC(CS(=O)c1ccccc1Cl)C(=O)Nc1ccccc1. The fourth-order valence-corrected chi connectivity index (χ4v) is 3.50. The second-order valence-corrected chi connectivity index (χ2v) is 6.57. The topological polar surface area (TPSA) is 46.2 Å². The van der Waals surface area contributed by atoms with E-state index >= 15 is 0 Å². The Morgan fingerprint density at radius 2 is 1.76 bits per heavy atom. The first-order valence-corrected chi connectivity index (χ1v) is 8.26. The molecule has 1 N–H and O–H groups in total. The Morgan fingerprint density at radius 3 is 2.43 bits per heavy atom. The molecule has 0 saturated heterocycles. The average molecular weight is 322 g/mol. The monoisotopic (exact) mass is 321 g/mol. The van der Waals surface area contributed by atoms with Crippen LogP contribution in [0.2, 0.25) is 5.02 Å². The van der Waals surface area contributed by atoms with E-state index in [0.29, 0.717) is 9.92 Å². The van der Waals surface area contributed by atoms with Crippen molar-refractivity contribution < 1.29 is 9.00 Å². The number of carbonyl (C=O) groups excluding carboxylic acids is 1. The maximum absolute atomic E-state index is 12.3. The van der Waals surface area contributed by atoms with E-state index in [2.05, 4.69) is 5.32 Å². The third-order valence-corrected chi connectivity index (χ3v) is 5.06. The predicted molar refractivity (Wildman–Crippen MR) is 87.0 cm³/mol. The van der Waals surface area contributed by atoms with Gasteiger partial charge in [0, 0.05) is 17.4 Å². The van der Waals surface area contributed by atoms with Gasteiger partial charge in [-0.2, -0.15) is 0 Å². The zero-order chi connectivity index (χ0) is 15.2. The number of halogens is 1. The Kier molecular flexibility index (Phi) is 5.53. The van der Waals surface area contributed by atoms with Crippen LogP contribution < -0.4 is 5.32 Å². The Hall–Kier alpha value is -1.65. The molecule has 2 aromatic carbocycles. The molecular formula is C16H16ClNO2S. The number of benzene rings is 2. The molecule has 0 spiro atoms. The summed E-state index contributed by atoms with van der Waals surface area (Å²) in [7, 11) is -1.30. The maximum atomic E-state index is 12.3. The van der Waals surface area contributed by atoms with Gasteiger partial charge < -0.3 is 5.32 Å². The first kappa shape index (κ1) is 15.7. The van der Waals surface area contributed by atoms with E-state index in [1.807, 2.05) is 30.3 Å². The minimum atomic E-state index is -1.30. The highest BCUT2D eigenvalue weighted by Crippen LogP contribution is 2.20. The minimum Gasteiger partial charge on any atom is -0.326 e. The standard InChI is InChI=1S/C16H16ClNO2S/c1-12(16(19)18-13-7-3-2-4-8-13)11-21(20)15-10-6-5-9-14(15)17/h2-10,12H,11H2,1H3,(H,18,19). The highest BCUT2D eigenvalue weighted by atomic mass is 35.5. The lowest BCUT2D eigenvalue weighted by molar-refractivity contribution is -0.118. The predicted octanol–water partition coefficient (Wildman–Crippen LogP) is 3.72. The quantitative estimate of drug-likeness (QED) is 0.912. The fourth-order valence-electron chi connectivity index (χ4n) is 1.81. The van der Waals surface area contributed by atoms with Crippen molar-refractivity contribution in [2.24, 2.45) is 5.92 Å². The number of para-hydroxylation sites is 1. The van der Waals surface area contributed by atoms with Crippen molar-refractivity contribution in [3.63, 3.8) is 0 Å². The van der Waals surface area contributed by atoms with Crippen molar-refractivity contribution in [3.8, 4) is 0 Å². The summed E-state index contributed by atoms with van der Waals surface area (Å²) < 4.78 is 12.3. The summed E-state index contributed by atoms with van der Waals surface area (Å²) in [5, 5.41) is 3.27. The molecule has 110 valence electrons. The average Bonchev–Trinajstić information content (AvgIpc) is 2.48. The number of rotatable bonds is 5. The lowest BCUT2D eigenvalue weighted by atomic mass is 10.2. The van der Waals surface area contributed by atoms with Gasteiger partial charge in [0.1, 0.15) is 0 Å². The van der Waals surface area contributed by atoms with Gasteiger partial charge in [0.25, 0.3) is 0 Å². The second kappa shape index (κ2) is 7.38. The van der Waals surface area contributed by atoms with Crippen molar-refractivity contribution in [2.75, 3.05) is 11.1 Å². The van der Waals surface area contributed by atoms with Crippen LogP contribution in [-0.2, 0) is 15.6 Å². The lowest BCUT2D eigenvalue weighted by Crippen LogP contribution is -2.25. The fraction of sp³-hybridized carbons (Fsp3) is 0.188. The molecule has 0 aliphatic heterocycles. The summed E-state index contributed by atoms with van der Waals surface area (Å²) in [6, 6.07) is 16.2. The number of carbonyl (C=O) groups is 1. The molecule has 0 radical (unpaired) electrons. The first-order chi connectivity index (χ1) is 10.1. The summed E-state index contributed by atoms with van der Waals surface area (Å²) in [5.41, 5.74) is 0.734. The summed E-state index contributed by atoms with van der Waals surface area (Å²) in [6.07, 6.45) is 0. The molecule has 0 bridgehead atoms. The molecule has 0 heterocycles. The zero-order valence-electron chi connectivity index (χ0n) is 11.6. The van der Waals surface area contributed by atoms with Crippen molar-refractivity contribution >= 4 is 34.0 Å². The Labute approximate surface area is 131 Å². The van der Waals surface area contributed by atoms with Crippen LogP contribution in [0.5, 0.6) is 0 Å². The van der Waals surface area contributed by atoms with Crippen LogP contribution in [0.1, 0.15) is 6.92 Å². The van der Waals surface area contributed by atoms with Gasteiger partial charge in [-0.1, -0.05) is 48.9 Å². The number of nitrogens with one attached hydrogen (secondary N) is 1. The molecule has 0 aliphatic rings. The molecule has 1 amide bonds. The smallest absolute Gasteiger partial charge is 0.228 e. The highest BCUT2D eigenvalue weighted by Gasteiger charge is 2.18. The summed E-state index contributed by atoms with van der Waals surface area (Å²) in [6.45, 7) is 1.76. The molecule has 0 fully saturated rings. The van der Waals surface area contributed by atoms with Crippen LogP contribution in [0.15, 0.2) is 59.5 Å². The van der Waals surface area contributed by atoms with Crippen LogP contribution in [0.3, 0.4) is 0 Å². The number of anilines is 1. The van der Waals surface area contributed by atoms with Gasteiger partial charge in [-0.3, -0.25) is 9.00 Å². The maximum Gasteiger partial charge on any atom is 0.228 e. The molecule has 0 aromatic heterocycles. The second-order valence-electron chi connectivity index (χ2n) is 4.70. The van der Waals surface area contributed by atoms with Crippen LogP contribution >= 0.6 is 11.6 Å². The van der Waals surface area contributed by atoms with Crippen molar-refractivity contribution in [3.05, 3.63) is 59.6 Å². The van der Waals surface area contributed by atoms with E-state index in [1.165, 1.54) is 0 Å². The van der Waals surface area contributed by atoms with Gasteiger partial charge in [-0.25, -0.2) is 0 Å². The van der Waals surface area contributed by atoms with E-state index in [1.54, 1.807) is 31.2 Å². The van der Waals surface area contributed by atoms with Crippen LogP contribution in [0, 0.1) is 5.92 Å². The number of hydrogen-bond donors (Lipinski definition) is 1. The van der Waals surface area contributed by atoms with E-state index in [9.17, 15) is 9.00 Å². The van der Waals surface area contributed by atoms with Gasteiger partial charge in [0.05, 0.1) is 20.7 Å². The van der Waals surface area contributed by atoms with Crippen LogP contribution in [-0.4, -0.2) is 15.9 Å². The Morgan fingerprint density at radius 1 is 1.14 bits per heavy atom. The molecule has 2 rings (SSSR count). The molecule has 0 saturated carbocycles. The summed E-state index contributed by atoms with van der Waals surface area (Å²) in [4.78, 5) is 12.7. The third-order valence-electron chi connectivity index (χ3n) is 2.97. The van der Waals surface area contributed by atoms with Gasteiger partial charge in [0.15, 0.2) is 0 Å². The molecule has 2 unspecified atom stereocenters. The van der Waals surface area contributed by atoms with Crippen molar-refractivity contribution in [1.82, 2.24) is 0 Å². The number of amides is 1. The molecule has 0 aliphatic carbocycles. The summed E-state index contributed by atoms with van der Waals surface area (Å²) >= 11 is 6.02. The Bertz CT molecular complexity index is 646. The molecule has 5 heteroatoms. The molecule has 2 aromatic rings. The van der Waals surface area contributed by atoms with Crippen LogP contribution in [0.4, 0.5) is 5.69 Å². The normalized spacial score (nSPS) is 13.4. The minimum absolute atomic E-state index is 0.151. The zero-order valence-corrected chi connectivity index (χ0v) is 13.2. The summed E-state index contributed by atoms with van der Waals surface area (Å²) in [5.74, 6) is -0.286. The first-order valence-electron chi connectivity index (χ1n) is 6.56. The van der Waals surface area contributed by atoms with Crippen LogP contribution in [0.25, 0.3) is 0 Å². The lowest BCUT2D eigenvalue weighted by Gasteiger charge is -2.12. The van der Waals surface area contributed by atoms with E-state index < -0.39 is 10.8 Å². The van der Waals surface area contributed by atoms with E-state index in [4.69, 9.17) is 11.6 Å².